The number of hydrogen-bond acceptors (Lipinski definition) is 1. The summed E-state index contributed by atoms with van der Waals surface area (Å²) in [5.74, 6) is 0. The number of hydrogen-bond donors (Lipinski definition) is 0. The molecule has 0 aliphatic heterocycles. The molecule has 0 saturated heterocycles. The maximum Gasteiger partial charge on any atom is 0.0385 e. The van der Waals surface area contributed by atoms with Crippen molar-refractivity contribution in [2.45, 2.75) is 53.9 Å². The maximum absolute atomic E-state index is 4.46. The van der Waals surface area contributed by atoms with Gasteiger partial charge in [0.15, 0.2) is 0 Å². The third kappa shape index (κ3) is 7.77. The summed E-state index contributed by atoms with van der Waals surface area (Å²) in [6.07, 6.45) is 3.56. The van der Waals surface area contributed by atoms with E-state index >= 15 is 0 Å². The van der Waals surface area contributed by atoms with Gasteiger partial charge in [-0.1, -0.05) is 27.7 Å². The second kappa shape index (κ2) is 5.34. The lowest BCUT2D eigenvalue weighted by molar-refractivity contribution is 0.386. The fourth-order valence-corrected chi connectivity index (χ4v) is 0.938. The summed E-state index contributed by atoms with van der Waals surface area (Å²) in [5.41, 5.74) is 1.76. The Morgan fingerprint density at radius 1 is 1.25 bits per heavy atom. The molecule has 0 rings (SSSR count). The molecule has 0 N–H and O–H groups in total. The van der Waals surface area contributed by atoms with Gasteiger partial charge in [-0.2, -0.15) is 0 Å². The highest BCUT2D eigenvalue weighted by atomic mass is 14.7. The van der Waals surface area contributed by atoms with E-state index in [4.69, 9.17) is 0 Å². The fraction of sp³-hybridized carbons (Fsp3) is 0.909. The summed E-state index contributed by atoms with van der Waals surface area (Å²) in [5, 5.41) is 0. The quantitative estimate of drug-likeness (QED) is 0.569. The molecule has 0 aliphatic rings. The summed E-state index contributed by atoms with van der Waals surface area (Å²) in [6.45, 7) is 12.1. The van der Waals surface area contributed by atoms with Gasteiger partial charge in [-0.3, -0.25) is 4.99 Å². The van der Waals surface area contributed by atoms with Crippen LogP contribution in [0.1, 0.15) is 53.9 Å². The second-order valence-electron chi connectivity index (χ2n) is 4.68. The standard InChI is InChI=1S/C11H23N/c1-6-9-12-10(2)7-8-11(3,4)5/h6-9H2,1-5H3/b12-10-. The van der Waals surface area contributed by atoms with Gasteiger partial charge in [-0.25, -0.2) is 0 Å². The molecule has 0 saturated carbocycles. The van der Waals surface area contributed by atoms with Crippen molar-refractivity contribution in [3.63, 3.8) is 0 Å². The molecule has 12 heavy (non-hydrogen) atoms. The van der Waals surface area contributed by atoms with Gasteiger partial charge >= 0.3 is 0 Å². The molecule has 0 atom stereocenters. The van der Waals surface area contributed by atoms with Crippen LogP contribution in [0.2, 0.25) is 0 Å². The number of nitrogens with zero attached hydrogens (tertiary/aromatic N) is 1. The van der Waals surface area contributed by atoms with Gasteiger partial charge in [-0.05, 0) is 31.6 Å². The first kappa shape index (κ1) is 11.7. The van der Waals surface area contributed by atoms with Gasteiger partial charge in [0.25, 0.3) is 0 Å². The van der Waals surface area contributed by atoms with E-state index in [1.165, 1.54) is 12.1 Å². The third-order valence-corrected chi connectivity index (χ3v) is 1.84. The van der Waals surface area contributed by atoms with Crippen LogP contribution < -0.4 is 0 Å². The predicted molar refractivity (Wildman–Crippen MR) is 57.0 cm³/mol. The molecular formula is C11H23N. The molecule has 1 nitrogen and oxygen atoms in total. The molecule has 0 amide bonds. The van der Waals surface area contributed by atoms with E-state index in [1.807, 2.05) is 0 Å². The van der Waals surface area contributed by atoms with Crippen LogP contribution in [0.4, 0.5) is 0 Å². The van der Waals surface area contributed by atoms with Crippen LogP contribution in [0.3, 0.4) is 0 Å². The zero-order chi connectivity index (χ0) is 9.61. The van der Waals surface area contributed by atoms with Crippen molar-refractivity contribution in [2.75, 3.05) is 6.54 Å². The lowest BCUT2D eigenvalue weighted by Crippen LogP contribution is -2.07. The monoisotopic (exact) mass is 169 g/mol. The second-order valence-corrected chi connectivity index (χ2v) is 4.68. The molecule has 0 aliphatic carbocycles. The van der Waals surface area contributed by atoms with Crippen LogP contribution in [0, 0.1) is 5.41 Å². The van der Waals surface area contributed by atoms with Gasteiger partial charge in [0.2, 0.25) is 0 Å². The van der Waals surface area contributed by atoms with Crippen LogP contribution in [-0.2, 0) is 0 Å². The van der Waals surface area contributed by atoms with Crippen LogP contribution in [0.25, 0.3) is 0 Å². The summed E-state index contributed by atoms with van der Waals surface area (Å²) in [7, 11) is 0. The first-order chi connectivity index (χ1) is 5.45. The summed E-state index contributed by atoms with van der Waals surface area (Å²) in [4.78, 5) is 4.46. The molecule has 0 aromatic rings. The molecule has 0 aromatic carbocycles. The van der Waals surface area contributed by atoms with Crippen molar-refractivity contribution in [3.05, 3.63) is 0 Å². The van der Waals surface area contributed by atoms with E-state index in [9.17, 15) is 0 Å². The van der Waals surface area contributed by atoms with Crippen molar-refractivity contribution in [2.24, 2.45) is 10.4 Å². The highest BCUT2D eigenvalue weighted by Gasteiger charge is 2.09. The Balaban J connectivity index is 3.63. The van der Waals surface area contributed by atoms with Crippen molar-refractivity contribution < 1.29 is 0 Å². The minimum Gasteiger partial charge on any atom is -0.294 e. The van der Waals surface area contributed by atoms with Crippen LogP contribution in [0.5, 0.6) is 0 Å². The minimum atomic E-state index is 0.447. The topological polar surface area (TPSA) is 12.4 Å². The average Bonchev–Trinajstić information content (AvgIpc) is 1.95. The molecule has 1 heteroatoms. The highest BCUT2D eigenvalue weighted by molar-refractivity contribution is 5.81. The largest absolute Gasteiger partial charge is 0.294 e. The Labute approximate surface area is 77.3 Å². The smallest absolute Gasteiger partial charge is 0.0385 e. The van der Waals surface area contributed by atoms with E-state index in [0.29, 0.717) is 5.41 Å². The Bertz CT molecular complexity index is 140. The maximum atomic E-state index is 4.46. The van der Waals surface area contributed by atoms with Gasteiger partial charge in [0.1, 0.15) is 0 Å². The molecule has 72 valence electrons. The Morgan fingerprint density at radius 2 is 1.83 bits per heavy atom. The zero-order valence-electron chi connectivity index (χ0n) is 9.28. The van der Waals surface area contributed by atoms with Crippen LogP contribution in [0.15, 0.2) is 4.99 Å². The van der Waals surface area contributed by atoms with E-state index < -0.39 is 0 Å². The number of rotatable bonds is 4. The van der Waals surface area contributed by atoms with Crippen LogP contribution >= 0.6 is 0 Å². The normalized spacial score (nSPS) is 13.6. The van der Waals surface area contributed by atoms with Gasteiger partial charge in [0, 0.05) is 12.3 Å². The SMILES string of the molecule is CCC/N=C(/C)CCC(C)(C)C. The zero-order valence-corrected chi connectivity index (χ0v) is 9.28. The van der Waals surface area contributed by atoms with Gasteiger partial charge in [-0.15, -0.1) is 0 Å². The molecule has 0 bridgehead atoms. The molecular weight excluding hydrogens is 146 g/mol. The molecule has 0 unspecified atom stereocenters. The third-order valence-electron chi connectivity index (χ3n) is 1.84. The average molecular weight is 169 g/mol. The summed E-state index contributed by atoms with van der Waals surface area (Å²) in [6, 6.07) is 0. The van der Waals surface area contributed by atoms with E-state index in [2.05, 4.69) is 39.6 Å². The highest BCUT2D eigenvalue weighted by Crippen LogP contribution is 2.20. The minimum absolute atomic E-state index is 0.447. The number of aliphatic imine (C=N–C) groups is 1. The van der Waals surface area contributed by atoms with E-state index in [1.54, 1.807) is 0 Å². The van der Waals surface area contributed by atoms with Crippen molar-refractivity contribution >= 4 is 5.71 Å². The lowest BCUT2D eigenvalue weighted by atomic mass is 9.90. The molecule has 0 heterocycles. The fourth-order valence-electron chi connectivity index (χ4n) is 0.938. The first-order valence-corrected chi connectivity index (χ1v) is 4.95. The molecule has 0 aromatic heterocycles. The lowest BCUT2D eigenvalue weighted by Gasteiger charge is -2.17. The summed E-state index contributed by atoms with van der Waals surface area (Å²) >= 11 is 0. The van der Waals surface area contributed by atoms with Crippen molar-refractivity contribution in [1.82, 2.24) is 0 Å². The van der Waals surface area contributed by atoms with Gasteiger partial charge in [0.05, 0.1) is 0 Å². The molecule has 0 fully saturated rings. The van der Waals surface area contributed by atoms with E-state index in [0.717, 1.165) is 19.4 Å². The predicted octanol–water partition coefficient (Wildman–Crippen LogP) is 3.68. The summed E-state index contributed by atoms with van der Waals surface area (Å²) < 4.78 is 0. The Hall–Kier alpha value is -0.330. The van der Waals surface area contributed by atoms with E-state index in [-0.39, 0.29) is 0 Å². The van der Waals surface area contributed by atoms with Crippen molar-refractivity contribution in [1.29, 1.82) is 0 Å². The van der Waals surface area contributed by atoms with Crippen LogP contribution in [-0.4, -0.2) is 12.3 Å². The Kier molecular flexibility index (Phi) is 5.19. The molecule has 0 radical (unpaired) electrons. The van der Waals surface area contributed by atoms with Gasteiger partial charge < -0.3 is 0 Å². The van der Waals surface area contributed by atoms with Crippen molar-refractivity contribution in [3.8, 4) is 0 Å². The Morgan fingerprint density at radius 3 is 2.25 bits per heavy atom. The molecule has 0 spiro atoms. The first-order valence-electron chi connectivity index (χ1n) is 4.95.